The fourth-order valence-corrected chi connectivity index (χ4v) is 5.06. The number of fused-ring (bicyclic) bond motifs is 2. The summed E-state index contributed by atoms with van der Waals surface area (Å²) in [6.45, 7) is 2.28. The summed E-state index contributed by atoms with van der Waals surface area (Å²) in [5.74, 6) is 0.120. The number of amides is 1. The van der Waals surface area contributed by atoms with E-state index in [2.05, 4.69) is 10.6 Å². The first-order valence-corrected chi connectivity index (χ1v) is 10.1. The molecule has 3 unspecified atom stereocenters. The first-order chi connectivity index (χ1) is 13.8. The lowest BCUT2D eigenvalue weighted by molar-refractivity contribution is -0.138. The molecule has 1 saturated heterocycles. The number of alkyl halides is 3. The molecular formula is C23H25F3N2O. The number of halogens is 3. The summed E-state index contributed by atoms with van der Waals surface area (Å²) >= 11 is 0. The van der Waals surface area contributed by atoms with Crippen molar-refractivity contribution in [2.75, 3.05) is 6.54 Å². The van der Waals surface area contributed by atoms with Crippen LogP contribution in [0.1, 0.15) is 58.8 Å². The zero-order valence-electron chi connectivity index (χ0n) is 16.4. The second-order valence-electron chi connectivity index (χ2n) is 8.29. The van der Waals surface area contributed by atoms with Gasteiger partial charge in [0.05, 0.1) is 11.6 Å². The van der Waals surface area contributed by atoms with Crippen LogP contribution in [-0.2, 0) is 6.18 Å². The van der Waals surface area contributed by atoms with E-state index in [1.165, 1.54) is 25.5 Å². The summed E-state index contributed by atoms with van der Waals surface area (Å²) in [5, 5.41) is 6.73. The molecule has 2 aromatic rings. The maximum absolute atomic E-state index is 13.3. The van der Waals surface area contributed by atoms with Gasteiger partial charge in [0.15, 0.2) is 0 Å². The molecule has 1 heterocycles. The zero-order chi connectivity index (χ0) is 20.6. The highest BCUT2D eigenvalue weighted by Crippen LogP contribution is 2.45. The zero-order valence-corrected chi connectivity index (χ0v) is 16.4. The van der Waals surface area contributed by atoms with Crippen molar-refractivity contribution in [3.8, 4) is 0 Å². The van der Waals surface area contributed by atoms with Crippen molar-refractivity contribution in [1.82, 2.24) is 10.6 Å². The number of hydrogen-bond acceptors (Lipinski definition) is 2. The van der Waals surface area contributed by atoms with Gasteiger partial charge < -0.3 is 10.6 Å². The van der Waals surface area contributed by atoms with E-state index >= 15 is 0 Å². The van der Waals surface area contributed by atoms with E-state index in [4.69, 9.17) is 0 Å². The summed E-state index contributed by atoms with van der Waals surface area (Å²) in [5.41, 5.74) is -0.0165. The van der Waals surface area contributed by atoms with Crippen LogP contribution in [0.15, 0.2) is 48.5 Å². The van der Waals surface area contributed by atoms with Crippen LogP contribution >= 0.6 is 0 Å². The quantitative estimate of drug-likeness (QED) is 0.754. The first kappa shape index (κ1) is 20.0. The molecule has 0 spiro atoms. The average Bonchev–Trinajstić information content (AvgIpc) is 3.00. The molecule has 3 nitrogen and oxygen atoms in total. The minimum absolute atomic E-state index is 0.0392. The Bertz CT molecular complexity index is 893. The number of hydrogen-bond donors (Lipinski definition) is 2. The van der Waals surface area contributed by atoms with Crippen LogP contribution in [0.2, 0.25) is 0 Å². The third-order valence-corrected chi connectivity index (χ3v) is 6.48. The molecule has 2 N–H and O–H groups in total. The Morgan fingerprint density at radius 1 is 1.17 bits per heavy atom. The van der Waals surface area contributed by atoms with Gasteiger partial charge in [-0.1, -0.05) is 42.8 Å². The van der Waals surface area contributed by atoms with Gasteiger partial charge in [-0.15, -0.1) is 0 Å². The lowest BCUT2D eigenvalue weighted by atomic mass is 9.73. The van der Waals surface area contributed by atoms with Gasteiger partial charge in [0.1, 0.15) is 0 Å². The average molecular weight is 402 g/mol. The molecule has 1 aliphatic heterocycles. The van der Waals surface area contributed by atoms with Crippen molar-refractivity contribution in [3.05, 3.63) is 70.8 Å². The standard InChI is InChI=1S/C23H25F3N2O/c1-15-18(10-5-11-19(15)23(24,25)26)21(29)28-20(17-8-3-2-4-9-17)22-12-6-7-16(13-22)14-27-22/h2-5,8-11,16,20,27H,6-7,12-14H2,1H3,(H,28,29). The van der Waals surface area contributed by atoms with Crippen LogP contribution in [-0.4, -0.2) is 18.0 Å². The third-order valence-electron chi connectivity index (χ3n) is 6.48. The SMILES string of the molecule is Cc1c(C(=O)NC(c2ccccc2)C23CCCC(CN2)C3)cccc1C(F)(F)F. The maximum Gasteiger partial charge on any atom is 0.416 e. The number of carbonyl (C=O) groups excluding carboxylic acids is 1. The predicted octanol–water partition coefficient (Wildman–Crippen LogP) is 5.02. The Hall–Kier alpha value is -2.34. The Morgan fingerprint density at radius 3 is 2.66 bits per heavy atom. The van der Waals surface area contributed by atoms with Crippen LogP contribution in [0.4, 0.5) is 13.2 Å². The highest BCUT2D eigenvalue weighted by atomic mass is 19.4. The van der Waals surface area contributed by atoms with E-state index in [1.807, 2.05) is 30.3 Å². The lowest BCUT2D eigenvalue weighted by Crippen LogP contribution is -2.52. The Balaban J connectivity index is 1.68. The molecule has 2 fully saturated rings. The van der Waals surface area contributed by atoms with Gasteiger partial charge in [-0.25, -0.2) is 0 Å². The van der Waals surface area contributed by atoms with Gasteiger partial charge in [0.25, 0.3) is 5.91 Å². The molecule has 0 radical (unpaired) electrons. The molecule has 3 atom stereocenters. The summed E-state index contributed by atoms with van der Waals surface area (Å²) in [7, 11) is 0. The molecule has 2 bridgehead atoms. The largest absolute Gasteiger partial charge is 0.416 e. The van der Waals surface area contributed by atoms with Crippen molar-refractivity contribution < 1.29 is 18.0 Å². The van der Waals surface area contributed by atoms with Crippen LogP contribution in [0, 0.1) is 12.8 Å². The van der Waals surface area contributed by atoms with Gasteiger partial charge >= 0.3 is 6.18 Å². The minimum Gasteiger partial charge on any atom is -0.343 e. The van der Waals surface area contributed by atoms with Gasteiger partial charge in [0, 0.05) is 11.1 Å². The van der Waals surface area contributed by atoms with Crippen LogP contribution < -0.4 is 10.6 Å². The number of rotatable bonds is 4. The number of benzene rings is 2. The van der Waals surface area contributed by atoms with E-state index in [1.54, 1.807) is 0 Å². The van der Waals surface area contributed by atoms with Crippen LogP contribution in [0.3, 0.4) is 0 Å². The monoisotopic (exact) mass is 402 g/mol. The minimum atomic E-state index is -4.48. The Morgan fingerprint density at radius 2 is 1.93 bits per heavy atom. The molecule has 1 saturated carbocycles. The van der Waals surface area contributed by atoms with Crippen LogP contribution in [0.25, 0.3) is 0 Å². The summed E-state index contributed by atoms with van der Waals surface area (Å²) in [6, 6.07) is 13.2. The second-order valence-corrected chi connectivity index (χ2v) is 8.29. The van der Waals surface area contributed by atoms with Gasteiger partial charge in [-0.05, 0) is 61.9 Å². The van der Waals surface area contributed by atoms with Crippen molar-refractivity contribution in [2.45, 2.75) is 50.4 Å². The smallest absolute Gasteiger partial charge is 0.343 e. The molecule has 1 amide bonds. The molecule has 4 rings (SSSR count). The van der Waals surface area contributed by atoms with E-state index < -0.39 is 17.6 Å². The maximum atomic E-state index is 13.3. The van der Waals surface area contributed by atoms with E-state index in [0.717, 1.165) is 37.4 Å². The van der Waals surface area contributed by atoms with Crippen LogP contribution in [0.5, 0.6) is 0 Å². The van der Waals surface area contributed by atoms with Crippen molar-refractivity contribution >= 4 is 5.91 Å². The fourth-order valence-electron chi connectivity index (χ4n) is 5.06. The molecule has 154 valence electrons. The second kappa shape index (κ2) is 7.48. The molecule has 2 aromatic carbocycles. The molecule has 0 aromatic heterocycles. The van der Waals surface area contributed by atoms with Gasteiger partial charge in [-0.3, -0.25) is 4.79 Å². The molecule has 1 aliphatic carbocycles. The Labute approximate surface area is 168 Å². The molecular weight excluding hydrogens is 377 g/mol. The number of nitrogens with one attached hydrogen (secondary N) is 2. The summed E-state index contributed by atoms with van der Waals surface area (Å²) in [4.78, 5) is 13.1. The third kappa shape index (κ3) is 3.78. The van der Waals surface area contributed by atoms with Gasteiger partial charge in [-0.2, -0.15) is 13.2 Å². The highest BCUT2D eigenvalue weighted by Gasteiger charge is 2.48. The fraction of sp³-hybridized carbons (Fsp3) is 0.435. The summed E-state index contributed by atoms with van der Waals surface area (Å²) in [6.07, 6.45) is -0.322. The highest BCUT2D eigenvalue weighted by molar-refractivity contribution is 5.96. The van der Waals surface area contributed by atoms with E-state index in [9.17, 15) is 18.0 Å². The molecule has 6 heteroatoms. The summed E-state index contributed by atoms with van der Waals surface area (Å²) < 4.78 is 39.9. The van der Waals surface area contributed by atoms with Crippen molar-refractivity contribution in [3.63, 3.8) is 0 Å². The topological polar surface area (TPSA) is 41.1 Å². The molecule has 29 heavy (non-hydrogen) atoms. The predicted molar refractivity (Wildman–Crippen MR) is 106 cm³/mol. The molecule has 2 aliphatic rings. The Kier molecular flexibility index (Phi) is 5.15. The first-order valence-electron chi connectivity index (χ1n) is 10.1. The van der Waals surface area contributed by atoms with E-state index in [0.29, 0.717) is 5.92 Å². The normalized spacial score (nSPS) is 24.9. The van der Waals surface area contributed by atoms with Crippen molar-refractivity contribution in [2.24, 2.45) is 5.92 Å². The van der Waals surface area contributed by atoms with Crippen molar-refractivity contribution in [1.29, 1.82) is 0 Å². The van der Waals surface area contributed by atoms with E-state index in [-0.39, 0.29) is 22.7 Å². The lowest BCUT2D eigenvalue weighted by Gasteiger charge is -2.41. The van der Waals surface area contributed by atoms with Gasteiger partial charge in [0.2, 0.25) is 0 Å². The number of carbonyl (C=O) groups is 1.